The first-order chi connectivity index (χ1) is 15.6. The van der Waals surface area contributed by atoms with E-state index in [2.05, 4.69) is 50.2 Å². The smallest absolute Gasteiger partial charge is 0.227 e. The maximum atomic E-state index is 5.79. The van der Waals surface area contributed by atoms with Crippen LogP contribution in [0.25, 0.3) is 11.3 Å². The summed E-state index contributed by atoms with van der Waals surface area (Å²) in [4.78, 5) is 18.3. The van der Waals surface area contributed by atoms with Gasteiger partial charge in [-0.3, -0.25) is 0 Å². The van der Waals surface area contributed by atoms with Crippen LogP contribution in [0, 0.1) is 6.92 Å². The number of anilines is 4. The summed E-state index contributed by atoms with van der Waals surface area (Å²) in [6.45, 7) is 5.47. The average Bonchev–Trinajstić information content (AvgIpc) is 3.43. The normalized spacial score (nSPS) is 21.4. The maximum absolute atomic E-state index is 5.79. The first kappa shape index (κ1) is 19.3. The molecule has 2 fully saturated rings. The summed E-state index contributed by atoms with van der Waals surface area (Å²) in [6.07, 6.45) is 5.12. The molecule has 32 heavy (non-hydrogen) atoms. The van der Waals surface area contributed by atoms with E-state index in [1.54, 1.807) is 6.20 Å². The predicted octanol–water partition coefficient (Wildman–Crippen LogP) is 3.40. The van der Waals surface area contributed by atoms with Gasteiger partial charge in [-0.25, -0.2) is 15.0 Å². The van der Waals surface area contributed by atoms with Crippen molar-refractivity contribution in [1.82, 2.24) is 15.0 Å². The topological polar surface area (TPSA) is 75.6 Å². The number of likely N-dealkylation sites (N-methyl/N-ethyl adjacent to an activating group) is 1. The lowest BCUT2D eigenvalue weighted by molar-refractivity contribution is 0.0991. The zero-order valence-electron chi connectivity index (χ0n) is 18.3. The van der Waals surface area contributed by atoms with Crippen LogP contribution in [-0.4, -0.2) is 60.4 Å². The number of aromatic nitrogens is 3. The quantitative estimate of drug-likeness (QED) is 0.675. The summed E-state index contributed by atoms with van der Waals surface area (Å²) in [7, 11) is 2.02. The third kappa shape index (κ3) is 3.40. The lowest BCUT2D eigenvalue weighted by Crippen LogP contribution is -2.37. The number of hydrogen-bond donors (Lipinski definition) is 1. The van der Waals surface area contributed by atoms with Crippen molar-refractivity contribution in [1.29, 1.82) is 0 Å². The second-order valence-electron chi connectivity index (χ2n) is 8.70. The molecule has 6 rings (SSSR count). The molecule has 2 bridgehead atoms. The summed E-state index contributed by atoms with van der Waals surface area (Å²) in [6, 6.07) is 10.8. The second-order valence-corrected chi connectivity index (χ2v) is 8.70. The third-order valence-electron chi connectivity index (χ3n) is 6.49. The summed E-state index contributed by atoms with van der Waals surface area (Å²) in [5.74, 6) is 2.20. The highest BCUT2D eigenvalue weighted by Crippen LogP contribution is 2.36. The van der Waals surface area contributed by atoms with E-state index >= 15 is 0 Å². The van der Waals surface area contributed by atoms with Gasteiger partial charge in [-0.05, 0) is 49.2 Å². The Bertz CT molecular complexity index is 1170. The van der Waals surface area contributed by atoms with Crippen LogP contribution in [0.15, 0.2) is 42.7 Å². The predicted molar refractivity (Wildman–Crippen MR) is 124 cm³/mol. The van der Waals surface area contributed by atoms with E-state index in [1.165, 1.54) is 11.3 Å². The van der Waals surface area contributed by atoms with E-state index < -0.39 is 0 Å². The van der Waals surface area contributed by atoms with Gasteiger partial charge in [0.1, 0.15) is 6.61 Å². The van der Waals surface area contributed by atoms with Crippen molar-refractivity contribution in [3.05, 3.63) is 48.3 Å². The molecule has 3 aliphatic rings. The first-order valence-corrected chi connectivity index (χ1v) is 11.1. The molecule has 2 atom stereocenters. The third-order valence-corrected chi connectivity index (χ3v) is 6.49. The molecule has 0 unspecified atom stereocenters. The van der Waals surface area contributed by atoms with Gasteiger partial charge in [-0.1, -0.05) is 0 Å². The Morgan fingerprint density at radius 3 is 2.91 bits per heavy atom. The van der Waals surface area contributed by atoms with E-state index in [4.69, 9.17) is 14.5 Å². The van der Waals surface area contributed by atoms with Gasteiger partial charge in [-0.15, -0.1) is 0 Å². The number of nitrogens with zero attached hydrogens (tertiary/aromatic N) is 5. The zero-order chi connectivity index (χ0) is 21.7. The fraction of sp³-hybridized carbons (Fsp3) is 0.375. The van der Waals surface area contributed by atoms with Crippen molar-refractivity contribution < 1.29 is 9.47 Å². The molecule has 0 radical (unpaired) electrons. The number of aryl methyl sites for hydroxylation is 1. The summed E-state index contributed by atoms with van der Waals surface area (Å²) in [5.41, 5.74) is 5.20. The molecule has 0 spiro atoms. The lowest BCUT2D eigenvalue weighted by atomic mass is 10.1. The molecule has 164 valence electrons. The molecule has 2 saturated heterocycles. The number of benzene rings is 1. The van der Waals surface area contributed by atoms with Gasteiger partial charge in [0, 0.05) is 42.9 Å². The van der Waals surface area contributed by atoms with Crippen LogP contribution < -0.4 is 19.9 Å². The van der Waals surface area contributed by atoms with Crippen LogP contribution in [0.2, 0.25) is 0 Å². The van der Waals surface area contributed by atoms with Crippen molar-refractivity contribution in [2.24, 2.45) is 0 Å². The van der Waals surface area contributed by atoms with Crippen molar-refractivity contribution in [3.8, 4) is 17.0 Å². The van der Waals surface area contributed by atoms with Crippen LogP contribution in [0.3, 0.4) is 0 Å². The monoisotopic (exact) mass is 430 g/mol. The highest BCUT2D eigenvalue weighted by molar-refractivity contribution is 5.68. The maximum Gasteiger partial charge on any atom is 0.227 e. The van der Waals surface area contributed by atoms with Crippen LogP contribution in [0.1, 0.15) is 12.0 Å². The number of fused-ring (bicyclic) bond motifs is 3. The zero-order valence-corrected chi connectivity index (χ0v) is 18.3. The van der Waals surface area contributed by atoms with Crippen LogP contribution in [-0.2, 0) is 4.74 Å². The molecule has 3 aliphatic heterocycles. The van der Waals surface area contributed by atoms with Gasteiger partial charge in [0.05, 0.1) is 31.0 Å². The fourth-order valence-corrected chi connectivity index (χ4v) is 4.83. The van der Waals surface area contributed by atoms with Crippen molar-refractivity contribution >= 4 is 23.1 Å². The molecule has 2 aromatic heterocycles. The Hall–Kier alpha value is -3.39. The van der Waals surface area contributed by atoms with E-state index in [-0.39, 0.29) is 0 Å². The Balaban J connectivity index is 1.22. The van der Waals surface area contributed by atoms with Crippen LogP contribution >= 0.6 is 0 Å². The Morgan fingerprint density at radius 1 is 1.16 bits per heavy atom. The largest absolute Gasteiger partial charge is 0.488 e. The molecule has 0 saturated carbocycles. The Morgan fingerprint density at radius 2 is 2.09 bits per heavy atom. The van der Waals surface area contributed by atoms with Gasteiger partial charge in [0.2, 0.25) is 5.95 Å². The van der Waals surface area contributed by atoms with E-state index in [0.29, 0.717) is 24.7 Å². The molecule has 8 heteroatoms. The minimum absolute atomic E-state index is 0.386. The van der Waals surface area contributed by atoms with E-state index in [0.717, 1.165) is 54.6 Å². The molecular formula is C24H26N6O2. The molecule has 5 heterocycles. The Kier molecular flexibility index (Phi) is 4.61. The minimum atomic E-state index is 0.386. The van der Waals surface area contributed by atoms with Gasteiger partial charge < -0.3 is 24.6 Å². The van der Waals surface area contributed by atoms with Crippen LogP contribution in [0.4, 0.5) is 23.1 Å². The van der Waals surface area contributed by atoms with Crippen molar-refractivity contribution in [2.75, 3.05) is 48.5 Å². The van der Waals surface area contributed by atoms with Gasteiger partial charge in [0.25, 0.3) is 0 Å². The molecule has 8 nitrogen and oxygen atoms in total. The Labute approximate surface area is 187 Å². The first-order valence-electron chi connectivity index (χ1n) is 11.1. The molecule has 0 amide bonds. The lowest BCUT2D eigenvalue weighted by Gasteiger charge is -2.30. The summed E-state index contributed by atoms with van der Waals surface area (Å²) >= 11 is 0. The van der Waals surface area contributed by atoms with Gasteiger partial charge in [0.15, 0.2) is 11.6 Å². The van der Waals surface area contributed by atoms with Gasteiger partial charge in [-0.2, -0.15) is 0 Å². The number of hydrogen-bond acceptors (Lipinski definition) is 8. The number of pyridine rings is 1. The molecule has 1 aromatic carbocycles. The molecule has 3 aromatic rings. The van der Waals surface area contributed by atoms with Crippen LogP contribution in [0.5, 0.6) is 5.75 Å². The number of morpholine rings is 1. The standard InChI is InChI=1S/C24H26N6O2/c1-15-9-17(3-4-21(15)30-13-19-11-18(30)14-32-19)27-24-25-6-5-20(28-24)16-10-22-23(26-12-16)29(2)7-8-31-22/h3-6,9-10,12,18-19H,7-8,11,13-14H2,1-2H3,(H,25,27,28)/t18-,19-/m0/s1. The number of ether oxygens (including phenoxy) is 2. The molecule has 1 N–H and O–H groups in total. The van der Waals surface area contributed by atoms with E-state index in [1.807, 2.05) is 25.4 Å². The fourth-order valence-electron chi connectivity index (χ4n) is 4.83. The van der Waals surface area contributed by atoms with Gasteiger partial charge >= 0.3 is 0 Å². The molecular weight excluding hydrogens is 404 g/mol. The summed E-state index contributed by atoms with van der Waals surface area (Å²) < 4.78 is 11.5. The second kappa shape index (κ2) is 7.63. The molecule has 0 aliphatic carbocycles. The van der Waals surface area contributed by atoms with Crippen molar-refractivity contribution in [3.63, 3.8) is 0 Å². The van der Waals surface area contributed by atoms with E-state index in [9.17, 15) is 0 Å². The highest BCUT2D eigenvalue weighted by Gasteiger charge is 2.39. The number of rotatable bonds is 4. The number of nitrogens with one attached hydrogen (secondary N) is 1. The SMILES string of the molecule is Cc1cc(Nc2nccc(-c3cnc4c(c3)OCCN4C)n2)ccc1N1C[C@@H]2C[C@H]1CO2. The summed E-state index contributed by atoms with van der Waals surface area (Å²) in [5, 5.41) is 3.35. The highest BCUT2D eigenvalue weighted by atomic mass is 16.5. The van der Waals surface area contributed by atoms with Crippen molar-refractivity contribution in [2.45, 2.75) is 25.5 Å². The minimum Gasteiger partial charge on any atom is -0.488 e. The average molecular weight is 431 g/mol.